The number of hydrogen-bond acceptors (Lipinski definition) is 6. The fraction of sp³-hybridized carbons (Fsp3) is 0.360. The van der Waals surface area contributed by atoms with Crippen molar-refractivity contribution in [3.05, 3.63) is 58.8 Å². The molecule has 0 saturated heterocycles. The number of cyclic esters (lactones) is 1. The molecule has 5 rings (SSSR count). The first-order valence-corrected chi connectivity index (χ1v) is 10.8. The van der Waals surface area contributed by atoms with Crippen LogP contribution in [-0.4, -0.2) is 34.9 Å². The molecule has 0 radical (unpaired) electrons. The topological polar surface area (TPSA) is 82.6 Å². The van der Waals surface area contributed by atoms with Gasteiger partial charge in [0, 0.05) is 23.0 Å². The van der Waals surface area contributed by atoms with Gasteiger partial charge in [-0.2, -0.15) is 0 Å². The lowest BCUT2D eigenvalue weighted by molar-refractivity contribution is -0.180. The molecule has 1 aromatic heterocycles. The average Bonchev–Trinajstić information content (AvgIpc) is 3.12. The molecule has 6 heteroatoms. The third-order valence-corrected chi connectivity index (χ3v) is 6.47. The molecule has 0 fully saturated rings. The van der Waals surface area contributed by atoms with E-state index >= 15 is 0 Å². The maximum absolute atomic E-state index is 13.5. The lowest BCUT2D eigenvalue weighted by Crippen LogP contribution is -2.51. The Morgan fingerprint density at radius 1 is 1.26 bits per heavy atom. The standard InChI is InChI=1S/C25H23NO5/c1-3-7-21(27)31-25(4-2)19-12-16-17(23(28)18(19)13-30-24(25)29)11-15-10-14-8-5-6-9-20(14)26-22(15)16/h5-6,8-10,12,17H,3-4,7,11,13H2,1-2H3/t17?,25-/m0/s1. The number of pyridine rings is 1. The third-order valence-electron chi connectivity index (χ3n) is 6.47. The number of Topliss-reactive ketones (excluding diaryl/α,β-unsaturated/α-hetero) is 1. The maximum atomic E-state index is 13.5. The molecule has 3 aliphatic rings. The zero-order valence-electron chi connectivity index (χ0n) is 17.6. The van der Waals surface area contributed by atoms with Crippen molar-refractivity contribution in [1.29, 1.82) is 0 Å². The lowest BCUT2D eigenvalue weighted by Gasteiger charge is -2.38. The highest BCUT2D eigenvalue weighted by Gasteiger charge is 2.53. The zero-order chi connectivity index (χ0) is 21.8. The van der Waals surface area contributed by atoms with E-state index in [1.165, 1.54) is 0 Å². The molecule has 0 amide bonds. The fourth-order valence-electron chi connectivity index (χ4n) is 4.88. The van der Waals surface area contributed by atoms with Crippen LogP contribution in [0, 0.1) is 5.92 Å². The fourth-order valence-corrected chi connectivity index (χ4v) is 4.88. The van der Waals surface area contributed by atoms with Crippen molar-refractivity contribution in [3.8, 4) is 0 Å². The Balaban J connectivity index is 1.67. The van der Waals surface area contributed by atoms with Gasteiger partial charge in [-0.05, 0) is 48.6 Å². The van der Waals surface area contributed by atoms with Crippen LogP contribution in [-0.2, 0) is 30.3 Å². The minimum Gasteiger partial charge on any atom is -0.457 e. The molecule has 0 bridgehead atoms. The van der Waals surface area contributed by atoms with Crippen molar-refractivity contribution in [2.45, 2.75) is 45.1 Å². The molecule has 2 atom stereocenters. The molecule has 0 N–H and O–H groups in total. The molecule has 158 valence electrons. The van der Waals surface area contributed by atoms with E-state index in [4.69, 9.17) is 14.5 Å². The molecule has 0 saturated carbocycles. The summed E-state index contributed by atoms with van der Waals surface area (Å²) in [6, 6.07) is 9.93. The second kappa shape index (κ2) is 7.15. The number of nitrogens with zero attached hydrogens (tertiary/aromatic N) is 1. The molecule has 0 spiro atoms. The molecule has 1 unspecified atom stereocenters. The summed E-state index contributed by atoms with van der Waals surface area (Å²) in [6.07, 6.45) is 3.42. The average molecular weight is 417 g/mol. The van der Waals surface area contributed by atoms with Gasteiger partial charge in [-0.25, -0.2) is 9.78 Å². The Morgan fingerprint density at radius 2 is 2.06 bits per heavy atom. The molecule has 1 aromatic carbocycles. The van der Waals surface area contributed by atoms with Crippen molar-refractivity contribution in [3.63, 3.8) is 0 Å². The summed E-state index contributed by atoms with van der Waals surface area (Å²) in [5.74, 6) is -1.52. The predicted molar refractivity (Wildman–Crippen MR) is 114 cm³/mol. The van der Waals surface area contributed by atoms with E-state index in [0.717, 1.165) is 27.7 Å². The van der Waals surface area contributed by atoms with Gasteiger partial charge in [0.05, 0.1) is 17.1 Å². The lowest BCUT2D eigenvalue weighted by atomic mass is 9.75. The van der Waals surface area contributed by atoms with Gasteiger partial charge in [0.2, 0.25) is 5.60 Å². The first-order valence-electron chi connectivity index (χ1n) is 10.8. The van der Waals surface area contributed by atoms with Gasteiger partial charge in [-0.15, -0.1) is 0 Å². The number of hydrogen-bond donors (Lipinski definition) is 0. The number of benzene rings is 1. The second-order valence-corrected chi connectivity index (χ2v) is 8.28. The predicted octanol–water partition coefficient (Wildman–Crippen LogP) is 3.72. The summed E-state index contributed by atoms with van der Waals surface area (Å²) in [5, 5.41) is 1.03. The molecule has 1 aliphatic heterocycles. The van der Waals surface area contributed by atoms with Crippen LogP contribution in [0.3, 0.4) is 0 Å². The summed E-state index contributed by atoms with van der Waals surface area (Å²) < 4.78 is 11.1. The van der Waals surface area contributed by atoms with Gasteiger partial charge in [-0.1, -0.05) is 32.0 Å². The second-order valence-electron chi connectivity index (χ2n) is 8.28. The summed E-state index contributed by atoms with van der Waals surface area (Å²) >= 11 is 0. The summed E-state index contributed by atoms with van der Waals surface area (Å²) in [7, 11) is 0. The van der Waals surface area contributed by atoms with Crippen molar-refractivity contribution in [1.82, 2.24) is 4.98 Å². The van der Waals surface area contributed by atoms with Gasteiger partial charge in [0.15, 0.2) is 5.78 Å². The minimum atomic E-state index is -1.59. The van der Waals surface area contributed by atoms with Crippen molar-refractivity contribution >= 4 is 34.2 Å². The molecular formula is C25H23NO5. The highest BCUT2D eigenvalue weighted by molar-refractivity contribution is 6.12. The Labute approximate surface area is 179 Å². The van der Waals surface area contributed by atoms with Crippen LogP contribution in [0.15, 0.2) is 47.6 Å². The Bertz CT molecular complexity index is 1210. The summed E-state index contributed by atoms with van der Waals surface area (Å²) in [5.41, 5.74) is 2.74. The van der Waals surface area contributed by atoms with Crippen LogP contribution in [0.5, 0.6) is 0 Å². The number of ether oxygens (including phenoxy) is 2. The van der Waals surface area contributed by atoms with E-state index in [1.54, 1.807) is 6.92 Å². The molecule has 2 aliphatic carbocycles. The quantitative estimate of drug-likeness (QED) is 0.705. The molecular weight excluding hydrogens is 394 g/mol. The van der Waals surface area contributed by atoms with Gasteiger partial charge < -0.3 is 9.47 Å². The van der Waals surface area contributed by atoms with E-state index in [2.05, 4.69) is 6.07 Å². The first kappa shape index (κ1) is 19.7. The van der Waals surface area contributed by atoms with Gasteiger partial charge in [0.1, 0.15) is 6.61 Å². The zero-order valence-corrected chi connectivity index (χ0v) is 17.6. The number of esters is 2. The van der Waals surface area contributed by atoms with E-state index < -0.39 is 17.5 Å². The van der Waals surface area contributed by atoms with Crippen LogP contribution in [0.25, 0.3) is 16.5 Å². The third kappa shape index (κ3) is 2.85. The number of ketones is 1. The summed E-state index contributed by atoms with van der Waals surface area (Å²) in [6.45, 7) is 3.54. The van der Waals surface area contributed by atoms with Crippen LogP contribution in [0.4, 0.5) is 0 Å². The van der Waals surface area contributed by atoms with Crippen molar-refractivity contribution in [2.75, 3.05) is 6.61 Å². The molecule has 6 nitrogen and oxygen atoms in total. The number of carbonyl (C=O) groups is 3. The molecule has 2 heterocycles. The SMILES string of the molecule is CCCC(=O)O[C@]1(CC)C(=O)OCC2=C1C=C1c3nc4ccccc4cc3CC1C2=O. The number of rotatable bonds is 4. The van der Waals surface area contributed by atoms with Gasteiger partial charge in [0.25, 0.3) is 0 Å². The van der Waals surface area contributed by atoms with Crippen LogP contribution >= 0.6 is 0 Å². The number of aromatic nitrogens is 1. The van der Waals surface area contributed by atoms with E-state index in [9.17, 15) is 14.4 Å². The molecule has 2 aromatic rings. The smallest absolute Gasteiger partial charge is 0.355 e. The number of fused-ring (bicyclic) bond motifs is 4. The highest BCUT2D eigenvalue weighted by atomic mass is 16.6. The van der Waals surface area contributed by atoms with E-state index in [1.807, 2.05) is 37.3 Å². The highest BCUT2D eigenvalue weighted by Crippen LogP contribution is 2.47. The number of carbonyl (C=O) groups excluding carboxylic acids is 3. The molecule has 31 heavy (non-hydrogen) atoms. The normalized spacial score (nSPS) is 24.3. The largest absolute Gasteiger partial charge is 0.457 e. The Morgan fingerprint density at radius 3 is 2.84 bits per heavy atom. The number of allylic oxidation sites excluding steroid dienone is 1. The Kier molecular flexibility index (Phi) is 4.54. The van der Waals surface area contributed by atoms with E-state index in [0.29, 0.717) is 24.0 Å². The number of para-hydroxylation sites is 1. The summed E-state index contributed by atoms with van der Waals surface area (Å²) in [4.78, 5) is 43.5. The maximum Gasteiger partial charge on any atom is 0.355 e. The monoisotopic (exact) mass is 417 g/mol. The van der Waals surface area contributed by atoms with Crippen molar-refractivity contribution < 1.29 is 23.9 Å². The minimum absolute atomic E-state index is 0.0774. The first-order chi connectivity index (χ1) is 15.0. The van der Waals surface area contributed by atoms with Crippen LogP contribution < -0.4 is 0 Å². The Hall–Kier alpha value is -3.28. The van der Waals surface area contributed by atoms with Crippen LogP contribution in [0.1, 0.15) is 44.4 Å². The van der Waals surface area contributed by atoms with Gasteiger partial charge >= 0.3 is 11.9 Å². The van der Waals surface area contributed by atoms with E-state index in [-0.39, 0.29) is 31.1 Å². The van der Waals surface area contributed by atoms with Crippen molar-refractivity contribution in [2.24, 2.45) is 5.92 Å². The van der Waals surface area contributed by atoms with Crippen LogP contribution in [0.2, 0.25) is 0 Å². The van der Waals surface area contributed by atoms with Gasteiger partial charge in [-0.3, -0.25) is 9.59 Å².